The van der Waals surface area contributed by atoms with Crippen molar-refractivity contribution in [2.45, 2.75) is 38.7 Å². The van der Waals surface area contributed by atoms with Gasteiger partial charge >= 0.3 is 0 Å². The van der Waals surface area contributed by atoms with E-state index in [-0.39, 0.29) is 0 Å². The van der Waals surface area contributed by atoms with Crippen molar-refractivity contribution in [3.63, 3.8) is 0 Å². The van der Waals surface area contributed by atoms with Gasteiger partial charge in [-0.3, -0.25) is 0 Å². The maximum absolute atomic E-state index is 5.69. The molecule has 1 aliphatic heterocycles. The molecule has 0 radical (unpaired) electrons. The van der Waals surface area contributed by atoms with Crippen LogP contribution in [0.5, 0.6) is 5.75 Å². The van der Waals surface area contributed by atoms with Crippen LogP contribution >= 0.6 is 0 Å². The van der Waals surface area contributed by atoms with E-state index in [0.29, 0.717) is 6.10 Å². The second-order valence-electron chi connectivity index (χ2n) is 5.21. The quantitative estimate of drug-likeness (QED) is 0.732. The van der Waals surface area contributed by atoms with Gasteiger partial charge in [0.25, 0.3) is 0 Å². The SMILES string of the molecule is Cc1ccc(OCCCCNCC2CCCO2)cc1. The zero-order valence-corrected chi connectivity index (χ0v) is 11.9. The van der Waals surface area contributed by atoms with Crippen LogP contribution in [0.15, 0.2) is 24.3 Å². The molecule has 1 aliphatic rings. The summed E-state index contributed by atoms with van der Waals surface area (Å²) in [5, 5.41) is 3.45. The first kappa shape index (κ1) is 14.4. The number of unbranched alkanes of at least 4 members (excludes halogenated alkanes) is 1. The first-order valence-electron chi connectivity index (χ1n) is 7.36. The lowest BCUT2D eigenvalue weighted by atomic mass is 10.2. The number of hydrogen-bond donors (Lipinski definition) is 1. The van der Waals surface area contributed by atoms with Crippen molar-refractivity contribution >= 4 is 0 Å². The summed E-state index contributed by atoms with van der Waals surface area (Å²) in [6, 6.07) is 8.23. The van der Waals surface area contributed by atoms with Gasteiger partial charge in [0.1, 0.15) is 5.75 Å². The lowest BCUT2D eigenvalue weighted by Gasteiger charge is -2.10. The molecule has 1 heterocycles. The van der Waals surface area contributed by atoms with Crippen molar-refractivity contribution < 1.29 is 9.47 Å². The molecule has 1 atom stereocenters. The average molecular weight is 263 g/mol. The topological polar surface area (TPSA) is 30.5 Å². The third-order valence-corrected chi connectivity index (χ3v) is 3.43. The fraction of sp³-hybridized carbons (Fsp3) is 0.625. The maximum atomic E-state index is 5.69. The predicted molar refractivity (Wildman–Crippen MR) is 77.8 cm³/mol. The Morgan fingerprint density at radius 2 is 2.11 bits per heavy atom. The van der Waals surface area contributed by atoms with E-state index in [1.54, 1.807) is 0 Å². The van der Waals surface area contributed by atoms with E-state index in [2.05, 4.69) is 24.4 Å². The molecule has 0 amide bonds. The number of benzene rings is 1. The monoisotopic (exact) mass is 263 g/mol. The molecular formula is C16H25NO2. The minimum atomic E-state index is 0.448. The van der Waals surface area contributed by atoms with Crippen molar-refractivity contribution in [1.82, 2.24) is 5.32 Å². The van der Waals surface area contributed by atoms with Crippen molar-refractivity contribution in [1.29, 1.82) is 0 Å². The lowest BCUT2D eigenvalue weighted by molar-refractivity contribution is 0.110. The first-order valence-corrected chi connectivity index (χ1v) is 7.36. The van der Waals surface area contributed by atoms with Gasteiger partial charge in [0, 0.05) is 13.2 Å². The summed E-state index contributed by atoms with van der Waals surface area (Å²) in [5.41, 5.74) is 1.27. The minimum absolute atomic E-state index is 0.448. The third kappa shape index (κ3) is 5.62. The normalized spacial score (nSPS) is 18.7. The highest BCUT2D eigenvalue weighted by atomic mass is 16.5. The molecule has 1 saturated heterocycles. The average Bonchev–Trinajstić information content (AvgIpc) is 2.93. The van der Waals surface area contributed by atoms with Crippen LogP contribution in [0.25, 0.3) is 0 Å². The van der Waals surface area contributed by atoms with Gasteiger partial charge < -0.3 is 14.8 Å². The first-order chi connectivity index (χ1) is 9.34. The van der Waals surface area contributed by atoms with Crippen LogP contribution in [0.2, 0.25) is 0 Å². The molecule has 2 rings (SSSR count). The van der Waals surface area contributed by atoms with Gasteiger partial charge in [0.15, 0.2) is 0 Å². The molecule has 3 nitrogen and oxygen atoms in total. The number of nitrogens with one attached hydrogen (secondary N) is 1. The van der Waals surface area contributed by atoms with E-state index in [1.807, 2.05) is 12.1 Å². The highest BCUT2D eigenvalue weighted by Gasteiger charge is 2.13. The van der Waals surface area contributed by atoms with Crippen molar-refractivity contribution in [2.24, 2.45) is 0 Å². The van der Waals surface area contributed by atoms with Gasteiger partial charge in [-0.15, -0.1) is 0 Å². The molecule has 1 aromatic carbocycles. The predicted octanol–water partition coefficient (Wildman–Crippen LogP) is 2.92. The van der Waals surface area contributed by atoms with Crippen molar-refractivity contribution in [3.8, 4) is 5.75 Å². The maximum Gasteiger partial charge on any atom is 0.119 e. The number of aryl methyl sites for hydroxylation is 1. The van der Waals surface area contributed by atoms with Crippen LogP contribution in [0.1, 0.15) is 31.2 Å². The summed E-state index contributed by atoms with van der Waals surface area (Å²) >= 11 is 0. The highest BCUT2D eigenvalue weighted by molar-refractivity contribution is 5.26. The summed E-state index contributed by atoms with van der Waals surface area (Å²) in [5.74, 6) is 0.970. The number of rotatable bonds is 8. The van der Waals surface area contributed by atoms with Gasteiger partial charge in [0.05, 0.1) is 12.7 Å². The third-order valence-electron chi connectivity index (χ3n) is 3.43. The summed E-state index contributed by atoms with van der Waals surface area (Å²) in [4.78, 5) is 0. The fourth-order valence-corrected chi connectivity index (χ4v) is 2.24. The Morgan fingerprint density at radius 1 is 1.26 bits per heavy atom. The van der Waals surface area contributed by atoms with Crippen LogP contribution in [-0.4, -0.2) is 32.4 Å². The zero-order chi connectivity index (χ0) is 13.3. The van der Waals surface area contributed by atoms with Gasteiger partial charge in [-0.1, -0.05) is 17.7 Å². The van der Waals surface area contributed by atoms with Crippen LogP contribution < -0.4 is 10.1 Å². The molecule has 0 bridgehead atoms. The Bertz CT molecular complexity index is 344. The molecule has 0 spiro atoms. The lowest BCUT2D eigenvalue weighted by Crippen LogP contribution is -2.27. The van der Waals surface area contributed by atoms with Crippen LogP contribution in [-0.2, 0) is 4.74 Å². The zero-order valence-electron chi connectivity index (χ0n) is 11.9. The largest absolute Gasteiger partial charge is 0.494 e. The molecule has 106 valence electrons. The van der Waals surface area contributed by atoms with E-state index < -0.39 is 0 Å². The second kappa shape index (κ2) is 8.18. The standard InChI is InChI=1S/C16H25NO2/c1-14-6-8-15(9-7-14)18-11-3-2-10-17-13-16-5-4-12-19-16/h6-9,16-17H,2-5,10-13H2,1H3. The van der Waals surface area contributed by atoms with E-state index >= 15 is 0 Å². The van der Waals surface area contributed by atoms with Crippen molar-refractivity contribution in [3.05, 3.63) is 29.8 Å². The molecule has 1 unspecified atom stereocenters. The van der Waals surface area contributed by atoms with Gasteiger partial charge in [-0.25, -0.2) is 0 Å². The number of ether oxygens (including phenoxy) is 2. The number of hydrogen-bond acceptors (Lipinski definition) is 3. The molecule has 19 heavy (non-hydrogen) atoms. The summed E-state index contributed by atoms with van der Waals surface area (Å²) in [6.07, 6.45) is 5.12. The molecule has 0 aromatic heterocycles. The Hall–Kier alpha value is -1.06. The molecular weight excluding hydrogens is 238 g/mol. The van der Waals surface area contributed by atoms with E-state index in [1.165, 1.54) is 18.4 Å². The molecule has 0 saturated carbocycles. The van der Waals surface area contributed by atoms with Crippen LogP contribution in [0.4, 0.5) is 0 Å². The van der Waals surface area contributed by atoms with Crippen molar-refractivity contribution in [2.75, 3.05) is 26.3 Å². The fourth-order valence-electron chi connectivity index (χ4n) is 2.24. The minimum Gasteiger partial charge on any atom is -0.494 e. The smallest absolute Gasteiger partial charge is 0.119 e. The molecule has 1 fully saturated rings. The van der Waals surface area contributed by atoms with Gasteiger partial charge in [-0.05, 0) is 51.3 Å². The molecule has 3 heteroatoms. The highest BCUT2D eigenvalue weighted by Crippen LogP contribution is 2.12. The Morgan fingerprint density at radius 3 is 2.84 bits per heavy atom. The van der Waals surface area contributed by atoms with Crippen LogP contribution in [0, 0.1) is 6.92 Å². The van der Waals surface area contributed by atoms with E-state index in [0.717, 1.165) is 44.9 Å². The Kier molecular flexibility index (Phi) is 6.18. The van der Waals surface area contributed by atoms with E-state index in [4.69, 9.17) is 9.47 Å². The second-order valence-corrected chi connectivity index (χ2v) is 5.21. The molecule has 0 aliphatic carbocycles. The Labute approximate surface area is 116 Å². The summed E-state index contributed by atoms with van der Waals surface area (Å²) in [6.45, 7) is 5.88. The van der Waals surface area contributed by atoms with E-state index in [9.17, 15) is 0 Å². The van der Waals surface area contributed by atoms with Gasteiger partial charge in [-0.2, -0.15) is 0 Å². The summed E-state index contributed by atoms with van der Waals surface area (Å²) < 4.78 is 11.2. The molecule has 1 N–H and O–H groups in total. The van der Waals surface area contributed by atoms with Crippen LogP contribution in [0.3, 0.4) is 0 Å². The Balaban J connectivity index is 1.44. The summed E-state index contributed by atoms with van der Waals surface area (Å²) in [7, 11) is 0. The molecule has 1 aromatic rings. The van der Waals surface area contributed by atoms with Gasteiger partial charge in [0.2, 0.25) is 0 Å².